The van der Waals surface area contributed by atoms with Gasteiger partial charge in [-0.05, 0) is 34.9 Å². The summed E-state index contributed by atoms with van der Waals surface area (Å²) in [6.07, 6.45) is 0.525. The van der Waals surface area contributed by atoms with Crippen LogP contribution >= 0.6 is 0 Å². The van der Waals surface area contributed by atoms with E-state index in [1.165, 1.54) is 0 Å². The van der Waals surface area contributed by atoms with Crippen molar-refractivity contribution < 1.29 is 17.4 Å². The molecule has 0 saturated heterocycles. The van der Waals surface area contributed by atoms with Crippen LogP contribution in [-0.2, 0) is 21.5 Å². The first-order valence-electron chi connectivity index (χ1n) is 9.11. The fourth-order valence-corrected chi connectivity index (χ4v) is 3.64. The SMILES string of the molecule is CC(C)c1cccc(C(C)C)c1OS(=O)(=O)NC(=O)CCc1ccccc1. The maximum atomic E-state index is 12.4. The topological polar surface area (TPSA) is 72.5 Å². The molecule has 27 heavy (non-hydrogen) atoms. The van der Waals surface area contributed by atoms with Gasteiger partial charge in [0.05, 0.1) is 0 Å². The second kappa shape index (κ2) is 9.04. The van der Waals surface area contributed by atoms with Crippen LogP contribution in [0.1, 0.15) is 62.6 Å². The number of carbonyl (C=O) groups is 1. The molecule has 0 aliphatic heterocycles. The van der Waals surface area contributed by atoms with Crippen LogP contribution in [0.25, 0.3) is 0 Å². The van der Waals surface area contributed by atoms with Crippen LogP contribution in [0.2, 0.25) is 0 Å². The molecule has 0 atom stereocenters. The fourth-order valence-electron chi connectivity index (χ4n) is 2.80. The first-order valence-corrected chi connectivity index (χ1v) is 10.5. The third-order valence-corrected chi connectivity index (χ3v) is 5.10. The molecule has 0 aliphatic carbocycles. The highest BCUT2D eigenvalue weighted by molar-refractivity contribution is 7.85. The number of para-hydroxylation sites is 1. The van der Waals surface area contributed by atoms with Crippen molar-refractivity contribution in [3.05, 3.63) is 65.2 Å². The van der Waals surface area contributed by atoms with E-state index in [0.717, 1.165) is 16.7 Å². The third-order valence-electron chi connectivity index (χ3n) is 4.24. The summed E-state index contributed by atoms with van der Waals surface area (Å²) < 4.78 is 32.2. The van der Waals surface area contributed by atoms with Gasteiger partial charge in [0.2, 0.25) is 5.91 Å². The maximum Gasteiger partial charge on any atom is 0.409 e. The molecule has 0 heterocycles. The Labute approximate surface area is 162 Å². The quantitative estimate of drug-likeness (QED) is 0.730. The summed E-state index contributed by atoms with van der Waals surface area (Å²) >= 11 is 0. The van der Waals surface area contributed by atoms with Crippen molar-refractivity contribution in [1.82, 2.24) is 4.72 Å². The van der Waals surface area contributed by atoms with Crippen LogP contribution in [0, 0.1) is 0 Å². The predicted octanol–water partition coefficient (Wildman–Crippen LogP) is 4.31. The minimum Gasteiger partial charge on any atom is -0.366 e. The van der Waals surface area contributed by atoms with Gasteiger partial charge in [-0.1, -0.05) is 76.2 Å². The Balaban J connectivity index is 2.13. The highest BCUT2D eigenvalue weighted by Gasteiger charge is 2.23. The number of nitrogens with one attached hydrogen (secondary N) is 1. The lowest BCUT2D eigenvalue weighted by atomic mass is 9.94. The van der Waals surface area contributed by atoms with E-state index in [0.29, 0.717) is 12.2 Å². The minimum absolute atomic E-state index is 0.0649. The molecule has 146 valence electrons. The molecule has 2 rings (SSSR count). The molecule has 0 aromatic heterocycles. The summed E-state index contributed by atoms with van der Waals surface area (Å²) in [5.41, 5.74) is 2.56. The van der Waals surface area contributed by atoms with Gasteiger partial charge >= 0.3 is 10.3 Å². The van der Waals surface area contributed by atoms with Crippen molar-refractivity contribution in [1.29, 1.82) is 0 Å². The Kier molecular flexibility index (Phi) is 7.02. The highest BCUT2D eigenvalue weighted by atomic mass is 32.2. The van der Waals surface area contributed by atoms with Crippen LogP contribution in [-0.4, -0.2) is 14.3 Å². The molecule has 0 saturated carbocycles. The van der Waals surface area contributed by atoms with Crippen LogP contribution in [0.5, 0.6) is 5.75 Å². The van der Waals surface area contributed by atoms with Crippen LogP contribution < -0.4 is 8.91 Å². The first-order chi connectivity index (χ1) is 12.7. The van der Waals surface area contributed by atoms with Crippen molar-refractivity contribution in [2.45, 2.75) is 52.4 Å². The summed E-state index contributed by atoms with van der Waals surface area (Å²) in [7, 11) is -4.25. The molecule has 0 aliphatic rings. The summed E-state index contributed by atoms with van der Waals surface area (Å²) in [6.45, 7) is 7.88. The largest absolute Gasteiger partial charge is 0.409 e. The smallest absolute Gasteiger partial charge is 0.366 e. The minimum atomic E-state index is -4.25. The van der Waals surface area contributed by atoms with Gasteiger partial charge in [-0.15, -0.1) is 0 Å². The Morgan fingerprint density at radius 3 is 2.00 bits per heavy atom. The molecule has 0 spiro atoms. The molecule has 0 radical (unpaired) electrons. The van der Waals surface area contributed by atoms with E-state index in [4.69, 9.17) is 4.18 Å². The molecule has 5 nitrogen and oxygen atoms in total. The molecule has 0 bridgehead atoms. The van der Waals surface area contributed by atoms with Gasteiger partial charge in [0.15, 0.2) is 5.75 Å². The number of hydrogen-bond donors (Lipinski definition) is 1. The van der Waals surface area contributed by atoms with Crippen molar-refractivity contribution in [3.63, 3.8) is 0 Å². The molecule has 0 fully saturated rings. The lowest BCUT2D eigenvalue weighted by molar-refractivity contribution is -0.119. The van der Waals surface area contributed by atoms with Gasteiger partial charge in [0.25, 0.3) is 0 Å². The van der Waals surface area contributed by atoms with Gasteiger partial charge in [0, 0.05) is 6.42 Å². The van der Waals surface area contributed by atoms with E-state index < -0.39 is 16.2 Å². The van der Waals surface area contributed by atoms with Gasteiger partial charge in [-0.2, -0.15) is 8.42 Å². The Morgan fingerprint density at radius 1 is 0.926 bits per heavy atom. The zero-order valence-corrected chi connectivity index (χ0v) is 17.0. The molecular weight excluding hydrogens is 362 g/mol. The van der Waals surface area contributed by atoms with Crippen molar-refractivity contribution in [2.24, 2.45) is 0 Å². The van der Waals surface area contributed by atoms with E-state index in [9.17, 15) is 13.2 Å². The van der Waals surface area contributed by atoms with E-state index in [1.54, 1.807) is 0 Å². The van der Waals surface area contributed by atoms with Gasteiger partial charge in [-0.25, -0.2) is 4.72 Å². The normalized spacial score (nSPS) is 11.6. The molecule has 2 aromatic carbocycles. The second-order valence-electron chi connectivity index (χ2n) is 7.12. The monoisotopic (exact) mass is 389 g/mol. The molecule has 6 heteroatoms. The number of rotatable bonds is 8. The molecule has 2 aromatic rings. The van der Waals surface area contributed by atoms with E-state index in [1.807, 2.05) is 80.9 Å². The zero-order chi connectivity index (χ0) is 20.0. The number of hydrogen-bond acceptors (Lipinski definition) is 4. The predicted molar refractivity (Wildman–Crippen MR) is 107 cm³/mol. The van der Waals surface area contributed by atoms with E-state index in [2.05, 4.69) is 0 Å². The average molecular weight is 390 g/mol. The van der Waals surface area contributed by atoms with Gasteiger partial charge < -0.3 is 4.18 Å². The van der Waals surface area contributed by atoms with E-state index in [-0.39, 0.29) is 18.3 Å². The van der Waals surface area contributed by atoms with Crippen molar-refractivity contribution in [2.75, 3.05) is 0 Å². The number of aryl methyl sites for hydroxylation is 1. The summed E-state index contributed by atoms with van der Waals surface area (Å²) in [5.74, 6) is -0.108. The Hall–Kier alpha value is -2.34. The summed E-state index contributed by atoms with van der Waals surface area (Å²) in [5, 5.41) is 0. The van der Waals surface area contributed by atoms with Crippen molar-refractivity contribution in [3.8, 4) is 5.75 Å². The third kappa shape index (κ3) is 6.10. The first kappa shape index (κ1) is 21.0. The average Bonchev–Trinajstić information content (AvgIpc) is 2.59. The zero-order valence-electron chi connectivity index (χ0n) is 16.2. The second-order valence-corrected chi connectivity index (χ2v) is 8.40. The van der Waals surface area contributed by atoms with Crippen LogP contribution in [0.3, 0.4) is 0 Å². The molecule has 1 N–H and O–H groups in total. The van der Waals surface area contributed by atoms with Gasteiger partial charge in [0.1, 0.15) is 0 Å². The highest BCUT2D eigenvalue weighted by Crippen LogP contribution is 2.35. The van der Waals surface area contributed by atoms with Crippen LogP contribution in [0.4, 0.5) is 0 Å². The van der Waals surface area contributed by atoms with Gasteiger partial charge in [-0.3, -0.25) is 4.79 Å². The number of amides is 1. The summed E-state index contributed by atoms with van der Waals surface area (Å²) in [6, 6.07) is 15.0. The lowest BCUT2D eigenvalue weighted by Gasteiger charge is -2.19. The molecule has 0 unspecified atom stereocenters. The van der Waals surface area contributed by atoms with E-state index >= 15 is 0 Å². The van der Waals surface area contributed by atoms with Crippen LogP contribution in [0.15, 0.2) is 48.5 Å². The lowest BCUT2D eigenvalue weighted by Crippen LogP contribution is -2.34. The standard InChI is InChI=1S/C21H27NO4S/c1-15(2)18-11-8-12-19(16(3)4)21(18)26-27(24,25)22-20(23)14-13-17-9-6-5-7-10-17/h5-12,15-16H,13-14H2,1-4H3,(H,22,23). The fraction of sp³-hybridized carbons (Fsp3) is 0.381. The maximum absolute atomic E-state index is 12.4. The number of carbonyl (C=O) groups excluding carboxylic acids is 1. The van der Waals surface area contributed by atoms with Crippen molar-refractivity contribution >= 4 is 16.2 Å². The number of benzene rings is 2. The Bertz CT molecular complexity index is 848. The summed E-state index contributed by atoms with van der Waals surface area (Å²) in [4.78, 5) is 12.1. The molecular formula is C21H27NO4S. The molecule has 1 amide bonds. The Morgan fingerprint density at radius 2 is 1.48 bits per heavy atom.